The number of aldehydes is 1. The van der Waals surface area contributed by atoms with Gasteiger partial charge in [0.25, 0.3) is 0 Å². The highest BCUT2D eigenvalue weighted by molar-refractivity contribution is 5.99. The molecule has 23 heavy (non-hydrogen) atoms. The summed E-state index contributed by atoms with van der Waals surface area (Å²) in [6.45, 7) is 4.89. The van der Waals surface area contributed by atoms with Crippen molar-refractivity contribution in [2.24, 2.45) is 0 Å². The van der Waals surface area contributed by atoms with Crippen LogP contribution in [0.25, 0.3) is 11.0 Å². The molecule has 6 nitrogen and oxygen atoms in total. The molecule has 1 saturated heterocycles. The molecule has 0 aliphatic carbocycles. The maximum Gasteiger partial charge on any atom is 0.206 e. The van der Waals surface area contributed by atoms with Crippen LogP contribution in [-0.4, -0.2) is 50.8 Å². The van der Waals surface area contributed by atoms with E-state index in [0.717, 1.165) is 0 Å². The second-order valence-corrected chi connectivity index (χ2v) is 6.19. The van der Waals surface area contributed by atoms with Crippen molar-refractivity contribution >= 4 is 28.8 Å². The van der Waals surface area contributed by atoms with Crippen LogP contribution in [0.4, 0.5) is 15.9 Å². The van der Waals surface area contributed by atoms with E-state index in [9.17, 15) is 4.79 Å². The number of hydrogen-bond donors (Lipinski definition) is 0. The van der Waals surface area contributed by atoms with Crippen LogP contribution >= 0.6 is 0 Å². The van der Waals surface area contributed by atoms with Gasteiger partial charge < -0.3 is 19.1 Å². The van der Waals surface area contributed by atoms with Gasteiger partial charge in [-0.15, -0.1) is 0 Å². The van der Waals surface area contributed by atoms with Crippen molar-refractivity contribution < 1.29 is 18.4 Å². The predicted molar refractivity (Wildman–Crippen MR) is 85.9 cm³/mol. The van der Waals surface area contributed by atoms with Crippen LogP contribution in [0.5, 0.6) is 0 Å². The quantitative estimate of drug-likeness (QED) is 0.810. The molecule has 0 bridgehead atoms. The molecule has 1 fully saturated rings. The minimum Gasteiger partial charge on any atom is -0.372 e. The lowest BCUT2D eigenvalue weighted by Gasteiger charge is -2.37. The SMILES string of the molecule is C[C@@H]1CN(c2c(C=O)cc3c(N(C)C)noc3c2F)C[C@H](C)O1. The molecule has 1 aliphatic heterocycles. The Labute approximate surface area is 133 Å². The Morgan fingerprint density at radius 2 is 2.00 bits per heavy atom. The predicted octanol–water partition coefficient (Wildman–Crippen LogP) is 2.46. The summed E-state index contributed by atoms with van der Waals surface area (Å²) < 4.78 is 25.9. The minimum atomic E-state index is -0.550. The molecule has 7 heteroatoms. The van der Waals surface area contributed by atoms with Gasteiger partial charge in [0.05, 0.1) is 23.3 Å². The number of ether oxygens (including phenoxy) is 1. The summed E-state index contributed by atoms with van der Waals surface area (Å²) in [5, 5.41) is 4.39. The van der Waals surface area contributed by atoms with Crippen molar-refractivity contribution in [3.63, 3.8) is 0 Å². The van der Waals surface area contributed by atoms with E-state index in [1.165, 1.54) is 0 Å². The van der Waals surface area contributed by atoms with Crippen molar-refractivity contribution in [2.45, 2.75) is 26.1 Å². The van der Waals surface area contributed by atoms with E-state index in [2.05, 4.69) is 5.16 Å². The molecule has 2 heterocycles. The molecular formula is C16H20FN3O3. The van der Waals surface area contributed by atoms with Gasteiger partial charge in [0.2, 0.25) is 5.58 Å². The number of carbonyl (C=O) groups is 1. The van der Waals surface area contributed by atoms with Crippen molar-refractivity contribution in [3.05, 3.63) is 17.4 Å². The Balaban J connectivity index is 2.16. The van der Waals surface area contributed by atoms with Gasteiger partial charge in [0.15, 0.2) is 17.9 Å². The number of halogens is 1. The molecular weight excluding hydrogens is 301 g/mol. The maximum absolute atomic E-state index is 15.0. The first-order chi connectivity index (χ1) is 10.9. The Morgan fingerprint density at radius 1 is 1.35 bits per heavy atom. The number of aromatic nitrogens is 1. The Morgan fingerprint density at radius 3 is 2.57 bits per heavy atom. The first kappa shape index (κ1) is 15.7. The summed E-state index contributed by atoms with van der Waals surface area (Å²) in [4.78, 5) is 15.1. The molecule has 0 amide bonds. The number of fused-ring (bicyclic) bond motifs is 1. The van der Waals surface area contributed by atoms with E-state index >= 15 is 4.39 Å². The van der Waals surface area contributed by atoms with Gasteiger partial charge in [0, 0.05) is 32.7 Å². The standard InChI is InChI=1S/C16H20FN3O3/c1-9-6-20(7-10(2)22-9)14-11(8-21)5-12-15(13(14)17)23-18-16(12)19(3)4/h5,8-10H,6-7H2,1-4H3/t9-,10+. The third-order valence-corrected chi connectivity index (χ3v) is 3.98. The zero-order valence-electron chi connectivity index (χ0n) is 13.7. The highest BCUT2D eigenvalue weighted by Crippen LogP contribution is 2.36. The van der Waals surface area contributed by atoms with Crippen molar-refractivity contribution in [2.75, 3.05) is 37.0 Å². The molecule has 3 rings (SSSR count). The molecule has 124 valence electrons. The van der Waals surface area contributed by atoms with Gasteiger partial charge in [-0.25, -0.2) is 4.39 Å². The summed E-state index contributed by atoms with van der Waals surface area (Å²) in [5.74, 6) is -0.0521. The molecule has 1 aliphatic rings. The molecule has 0 unspecified atom stereocenters. The molecule has 0 N–H and O–H groups in total. The van der Waals surface area contributed by atoms with Crippen LogP contribution < -0.4 is 9.80 Å². The zero-order chi connectivity index (χ0) is 16.7. The summed E-state index contributed by atoms with van der Waals surface area (Å²) in [5.41, 5.74) is 0.625. The number of morpholine rings is 1. The zero-order valence-corrected chi connectivity index (χ0v) is 13.7. The average molecular weight is 321 g/mol. The van der Waals surface area contributed by atoms with Crippen molar-refractivity contribution in [1.29, 1.82) is 0 Å². The normalized spacial score (nSPS) is 21.7. The third kappa shape index (κ3) is 2.65. The molecule has 2 atom stereocenters. The summed E-state index contributed by atoms with van der Waals surface area (Å²) in [6, 6.07) is 1.64. The van der Waals surface area contributed by atoms with Crippen LogP contribution in [-0.2, 0) is 4.74 Å². The van der Waals surface area contributed by atoms with Gasteiger partial charge in [-0.2, -0.15) is 0 Å². The monoisotopic (exact) mass is 321 g/mol. The fraction of sp³-hybridized carbons (Fsp3) is 0.500. The van der Waals surface area contributed by atoms with E-state index in [0.29, 0.717) is 36.1 Å². The van der Waals surface area contributed by atoms with Crippen LogP contribution in [0.3, 0.4) is 0 Å². The van der Waals surface area contributed by atoms with Crippen molar-refractivity contribution in [3.8, 4) is 0 Å². The first-order valence-corrected chi connectivity index (χ1v) is 7.57. The number of benzene rings is 1. The van der Waals surface area contributed by atoms with E-state index < -0.39 is 5.82 Å². The Hall–Kier alpha value is -2.15. The summed E-state index contributed by atoms with van der Waals surface area (Å²) >= 11 is 0. The topological polar surface area (TPSA) is 58.8 Å². The van der Waals surface area contributed by atoms with Crippen molar-refractivity contribution in [1.82, 2.24) is 5.16 Å². The Bertz CT molecular complexity index is 734. The van der Waals surface area contributed by atoms with E-state index in [1.54, 1.807) is 25.1 Å². The summed E-state index contributed by atoms with van der Waals surface area (Å²) in [7, 11) is 3.57. The highest BCUT2D eigenvalue weighted by atomic mass is 19.1. The smallest absolute Gasteiger partial charge is 0.206 e. The number of hydrogen-bond acceptors (Lipinski definition) is 6. The Kier molecular flexibility index (Phi) is 3.97. The van der Waals surface area contributed by atoms with Crippen LogP contribution in [0, 0.1) is 5.82 Å². The molecule has 0 spiro atoms. The number of carbonyl (C=O) groups excluding carboxylic acids is 1. The lowest BCUT2D eigenvalue weighted by molar-refractivity contribution is -0.00543. The van der Waals surface area contributed by atoms with Gasteiger partial charge >= 0.3 is 0 Å². The lowest BCUT2D eigenvalue weighted by Crippen LogP contribution is -2.46. The second-order valence-electron chi connectivity index (χ2n) is 6.19. The molecule has 1 aromatic carbocycles. The van der Waals surface area contributed by atoms with Crippen LogP contribution in [0.2, 0.25) is 0 Å². The van der Waals surface area contributed by atoms with Gasteiger partial charge in [-0.3, -0.25) is 4.79 Å². The third-order valence-electron chi connectivity index (χ3n) is 3.98. The highest BCUT2D eigenvalue weighted by Gasteiger charge is 2.29. The second kappa shape index (κ2) is 5.81. The largest absolute Gasteiger partial charge is 0.372 e. The van der Waals surface area contributed by atoms with E-state index in [4.69, 9.17) is 9.26 Å². The minimum absolute atomic E-state index is 0.0413. The fourth-order valence-corrected chi connectivity index (χ4v) is 3.13. The maximum atomic E-state index is 15.0. The lowest BCUT2D eigenvalue weighted by atomic mass is 10.1. The van der Waals surface area contributed by atoms with Crippen LogP contribution in [0.1, 0.15) is 24.2 Å². The van der Waals surface area contributed by atoms with Crippen LogP contribution in [0.15, 0.2) is 10.6 Å². The fourth-order valence-electron chi connectivity index (χ4n) is 3.13. The number of rotatable bonds is 3. The molecule has 0 saturated carbocycles. The molecule has 0 radical (unpaired) electrons. The first-order valence-electron chi connectivity index (χ1n) is 7.57. The number of anilines is 2. The summed E-state index contributed by atoms with van der Waals surface area (Å²) in [6.07, 6.45) is 0.593. The molecule has 2 aromatic rings. The number of nitrogens with zero attached hydrogens (tertiary/aromatic N) is 3. The van der Waals surface area contributed by atoms with E-state index in [1.807, 2.05) is 18.7 Å². The van der Waals surface area contributed by atoms with Gasteiger partial charge in [0.1, 0.15) is 0 Å². The molecule has 1 aromatic heterocycles. The van der Waals surface area contributed by atoms with E-state index in [-0.39, 0.29) is 23.5 Å². The van der Waals surface area contributed by atoms with Gasteiger partial charge in [-0.1, -0.05) is 5.16 Å². The van der Waals surface area contributed by atoms with Gasteiger partial charge in [-0.05, 0) is 19.9 Å². The average Bonchev–Trinajstić information content (AvgIpc) is 2.90.